The largest absolute Gasteiger partial charge is 0.327 e. The average Bonchev–Trinajstić information content (AvgIpc) is 2.77. The SMILES string of the molecule is CC(N)CC(=O)Nc1ccn(-c2ccncc2)n1. The third-order valence-corrected chi connectivity index (χ3v) is 2.29. The second-order valence-corrected chi connectivity index (χ2v) is 4.08. The highest BCUT2D eigenvalue weighted by Crippen LogP contribution is 2.09. The van der Waals surface area contributed by atoms with Crippen molar-refractivity contribution >= 4 is 11.7 Å². The molecule has 2 aromatic heterocycles. The lowest BCUT2D eigenvalue weighted by atomic mass is 10.2. The highest BCUT2D eigenvalue weighted by molar-refractivity contribution is 5.90. The van der Waals surface area contributed by atoms with Crippen molar-refractivity contribution in [1.82, 2.24) is 14.8 Å². The summed E-state index contributed by atoms with van der Waals surface area (Å²) in [5.74, 6) is 0.377. The van der Waals surface area contributed by atoms with E-state index in [0.717, 1.165) is 5.69 Å². The van der Waals surface area contributed by atoms with Crippen LogP contribution in [-0.4, -0.2) is 26.7 Å². The first-order chi connectivity index (χ1) is 8.65. The van der Waals surface area contributed by atoms with Gasteiger partial charge in [-0.3, -0.25) is 9.78 Å². The molecule has 6 heteroatoms. The van der Waals surface area contributed by atoms with E-state index in [4.69, 9.17) is 5.73 Å². The zero-order chi connectivity index (χ0) is 13.0. The van der Waals surface area contributed by atoms with Gasteiger partial charge in [0.2, 0.25) is 5.91 Å². The summed E-state index contributed by atoms with van der Waals surface area (Å²) in [6.07, 6.45) is 5.43. The molecule has 0 aromatic carbocycles. The molecule has 0 bridgehead atoms. The third kappa shape index (κ3) is 3.14. The van der Waals surface area contributed by atoms with Crippen molar-refractivity contribution in [3.63, 3.8) is 0 Å². The van der Waals surface area contributed by atoms with E-state index in [-0.39, 0.29) is 18.4 Å². The van der Waals surface area contributed by atoms with Crippen LogP contribution >= 0.6 is 0 Å². The van der Waals surface area contributed by atoms with Crippen molar-refractivity contribution in [2.75, 3.05) is 5.32 Å². The Morgan fingerprint density at radius 3 is 2.83 bits per heavy atom. The Morgan fingerprint density at radius 2 is 2.17 bits per heavy atom. The van der Waals surface area contributed by atoms with Gasteiger partial charge in [0, 0.05) is 37.1 Å². The van der Waals surface area contributed by atoms with Gasteiger partial charge in [0.15, 0.2) is 5.82 Å². The van der Waals surface area contributed by atoms with Gasteiger partial charge in [-0.25, -0.2) is 4.68 Å². The van der Waals surface area contributed by atoms with E-state index in [1.54, 1.807) is 36.3 Å². The molecule has 0 fully saturated rings. The summed E-state index contributed by atoms with van der Waals surface area (Å²) in [6.45, 7) is 1.79. The van der Waals surface area contributed by atoms with Gasteiger partial charge in [0.05, 0.1) is 5.69 Å². The van der Waals surface area contributed by atoms with E-state index in [1.165, 1.54) is 0 Å². The molecule has 0 aliphatic rings. The maximum Gasteiger partial charge on any atom is 0.227 e. The number of carbonyl (C=O) groups is 1. The predicted octanol–water partition coefficient (Wildman–Crippen LogP) is 0.943. The molecule has 0 saturated carbocycles. The lowest BCUT2D eigenvalue weighted by molar-refractivity contribution is -0.116. The van der Waals surface area contributed by atoms with Gasteiger partial charge in [-0.2, -0.15) is 5.10 Å². The average molecular weight is 245 g/mol. The van der Waals surface area contributed by atoms with Crippen LogP contribution in [0.25, 0.3) is 5.69 Å². The molecule has 2 heterocycles. The summed E-state index contributed by atoms with van der Waals surface area (Å²) in [5.41, 5.74) is 6.44. The normalized spacial score (nSPS) is 12.1. The summed E-state index contributed by atoms with van der Waals surface area (Å²) < 4.78 is 1.67. The Morgan fingerprint density at radius 1 is 1.44 bits per heavy atom. The minimum Gasteiger partial charge on any atom is -0.327 e. The van der Waals surface area contributed by atoms with Crippen molar-refractivity contribution in [1.29, 1.82) is 0 Å². The number of rotatable bonds is 4. The number of amides is 1. The lowest BCUT2D eigenvalue weighted by Crippen LogP contribution is -2.24. The van der Waals surface area contributed by atoms with Crippen LogP contribution in [0.15, 0.2) is 36.8 Å². The van der Waals surface area contributed by atoms with Crippen molar-refractivity contribution in [2.24, 2.45) is 5.73 Å². The highest BCUT2D eigenvalue weighted by Gasteiger charge is 2.07. The van der Waals surface area contributed by atoms with Crippen molar-refractivity contribution in [3.8, 4) is 5.69 Å². The maximum absolute atomic E-state index is 11.5. The number of pyridine rings is 1. The number of nitrogens with one attached hydrogen (secondary N) is 1. The zero-order valence-corrected chi connectivity index (χ0v) is 10.1. The summed E-state index contributed by atoms with van der Waals surface area (Å²) in [4.78, 5) is 15.5. The lowest BCUT2D eigenvalue weighted by Gasteiger charge is -2.04. The number of hydrogen-bond acceptors (Lipinski definition) is 4. The smallest absolute Gasteiger partial charge is 0.227 e. The van der Waals surface area contributed by atoms with Crippen LogP contribution < -0.4 is 11.1 Å². The Balaban J connectivity index is 2.05. The Kier molecular flexibility index (Phi) is 3.69. The Labute approximate surface area is 105 Å². The number of anilines is 1. The first-order valence-corrected chi connectivity index (χ1v) is 5.66. The molecule has 6 nitrogen and oxygen atoms in total. The molecule has 1 amide bonds. The Hall–Kier alpha value is -2.21. The zero-order valence-electron chi connectivity index (χ0n) is 10.1. The molecule has 2 aromatic rings. The monoisotopic (exact) mass is 245 g/mol. The molecule has 1 atom stereocenters. The fourth-order valence-electron chi connectivity index (χ4n) is 1.52. The first-order valence-electron chi connectivity index (χ1n) is 5.66. The van der Waals surface area contributed by atoms with E-state index in [2.05, 4.69) is 15.4 Å². The maximum atomic E-state index is 11.5. The van der Waals surface area contributed by atoms with Gasteiger partial charge in [-0.1, -0.05) is 0 Å². The van der Waals surface area contributed by atoms with E-state index in [9.17, 15) is 4.79 Å². The number of carbonyl (C=O) groups excluding carboxylic acids is 1. The van der Waals surface area contributed by atoms with Gasteiger partial charge >= 0.3 is 0 Å². The first kappa shape index (κ1) is 12.3. The fourth-order valence-corrected chi connectivity index (χ4v) is 1.52. The van der Waals surface area contributed by atoms with Crippen LogP contribution in [-0.2, 0) is 4.79 Å². The van der Waals surface area contributed by atoms with Crippen LogP contribution in [0.4, 0.5) is 5.82 Å². The molecule has 0 aliphatic heterocycles. The van der Waals surface area contributed by atoms with Crippen LogP contribution in [0.5, 0.6) is 0 Å². The van der Waals surface area contributed by atoms with Crippen LogP contribution in [0.2, 0.25) is 0 Å². The van der Waals surface area contributed by atoms with Crippen LogP contribution in [0, 0.1) is 0 Å². The molecule has 3 N–H and O–H groups in total. The highest BCUT2D eigenvalue weighted by atomic mass is 16.1. The van der Waals surface area contributed by atoms with Gasteiger partial charge in [-0.15, -0.1) is 0 Å². The third-order valence-electron chi connectivity index (χ3n) is 2.29. The fraction of sp³-hybridized carbons (Fsp3) is 0.250. The number of nitrogens with zero attached hydrogens (tertiary/aromatic N) is 3. The molecule has 0 saturated heterocycles. The van der Waals surface area contributed by atoms with Gasteiger partial charge in [-0.05, 0) is 19.1 Å². The predicted molar refractivity (Wildman–Crippen MR) is 68.3 cm³/mol. The molecule has 1 unspecified atom stereocenters. The molecule has 0 aliphatic carbocycles. The van der Waals surface area contributed by atoms with E-state index in [1.807, 2.05) is 12.1 Å². The topological polar surface area (TPSA) is 85.8 Å². The van der Waals surface area contributed by atoms with Crippen molar-refractivity contribution < 1.29 is 4.79 Å². The molecule has 0 radical (unpaired) electrons. The molecular weight excluding hydrogens is 230 g/mol. The van der Waals surface area contributed by atoms with E-state index < -0.39 is 0 Å². The standard InChI is InChI=1S/C12H15N5O/c1-9(13)8-12(18)15-11-4-7-17(16-11)10-2-5-14-6-3-10/h2-7,9H,8,13H2,1H3,(H,15,16,18). The number of aromatic nitrogens is 3. The quantitative estimate of drug-likeness (QED) is 0.839. The second kappa shape index (κ2) is 5.42. The minimum atomic E-state index is -0.160. The van der Waals surface area contributed by atoms with Gasteiger partial charge in [0.1, 0.15) is 0 Å². The van der Waals surface area contributed by atoms with E-state index in [0.29, 0.717) is 5.82 Å². The second-order valence-electron chi connectivity index (χ2n) is 4.08. The molecular formula is C12H15N5O. The summed E-state index contributed by atoms with van der Waals surface area (Å²) in [7, 11) is 0. The number of hydrogen-bond donors (Lipinski definition) is 2. The molecule has 2 rings (SSSR count). The van der Waals surface area contributed by atoms with Crippen LogP contribution in [0.3, 0.4) is 0 Å². The van der Waals surface area contributed by atoms with Crippen LogP contribution in [0.1, 0.15) is 13.3 Å². The minimum absolute atomic E-state index is 0.134. The Bertz CT molecular complexity index is 520. The van der Waals surface area contributed by atoms with Gasteiger partial charge < -0.3 is 11.1 Å². The molecule has 94 valence electrons. The summed E-state index contributed by atoms with van der Waals surface area (Å²) in [5, 5.41) is 6.94. The molecule has 0 spiro atoms. The van der Waals surface area contributed by atoms with Crippen molar-refractivity contribution in [2.45, 2.75) is 19.4 Å². The van der Waals surface area contributed by atoms with E-state index >= 15 is 0 Å². The summed E-state index contributed by atoms with van der Waals surface area (Å²) >= 11 is 0. The van der Waals surface area contributed by atoms with Gasteiger partial charge in [0.25, 0.3) is 0 Å². The number of nitrogens with two attached hydrogens (primary N) is 1. The molecule has 18 heavy (non-hydrogen) atoms. The van der Waals surface area contributed by atoms with Crippen molar-refractivity contribution in [3.05, 3.63) is 36.8 Å². The summed E-state index contributed by atoms with van der Waals surface area (Å²) in [6, 6.07) is 5.24.